The van der Waals surface area contributed by atoms with Crippen molar-refractivity contribution in [3.05, 3.63) is 11.3 Å². The molecule has 6 heteroatoms. The Morgan fingerprint density at radius 1 is 1.32 bits per heavy atom. The van der Waals surface area contributed by atoms with Crippen LogP contribution in [-0.2, 0) is 14.3 Å². The number of Topliss-reactive ketones (excluding diaryl/α,β-unsaturated/α-hetero) is 1. The summed E-state index contributed by atoms with van der Waals surface area (Å²) < 4.78 is 30.1. The van der Waals surface area contributed by atoms with E-state index in [9.17, 15) is 18.4 Å². The smallest absolute Gasteiger partial charge is 0.344 e. The first-order chi connectivity index (χ1) is 8.66. The van der Waals surface area contributed by atoms with Crippen molar-refractivity contribution in [2.45, 2.75) is 52.6 Å². The maximum Gasteiger partial charge on any atom is 0.344 e. The summed E-state index contributed by atoms with van der Waals surface area (Å²) >= 11 is 0. The van der Waals surface area contributed by atoms with Gasteiger partial charge in [0.1, 0.15) is 11.2 Å². The van der Waals surface area contributed by atoms with Crippen LogP contribution < -0.4 is 5.32 Å². The van der Waals surface area contributed by atoms with Gasteiger partial charge in [-0.15, -0.1) is 0 Å². The van der Waals surface area contributed by atoms with Crippen molar-refractivity contribution < 1.29 is 23.1 Å². The van der Waals surface area contributed by atoms with Crippen molar-refractivity contribution in [1.82, 2.24) is 5.32 Å². The standard InChI is InChI=1S/C13H21F2NO3/c1-6-7-13(3,4)19-12(18)9(8(2)16-5)10(17)11(14)15/h11,16H,6-7H2,1-5H3/b9-8-. The maximum absolute atomic E-state index is 12.5. The zero-order valence-corrected chi connectivity index (χ0v) is 12.0. The van der Waals surface area contributed by atoms with E-state index in [1.54, 1.807) is 13.8 Å². The molecule has 0 radical (unpaired) electrons. The van der Waals surface area contributed by atoms with Crippen molar-refractivity contribution in [2.75, 3.05) is 7.05 Å². The minimum atomic E-state index is -3.24. The van der Waals surface area contributed by atoms with Gasteiger partial charge in [-0.05, 0) is 27.2 Å². The van der Waals surface area contributed by atoms with Crippen LogP contribution in [0.1, 0.15) is 40.5 Å². The summed E-state index contributed by atoms with van der Waals surface area (Å²) in [5, 5.41) is 2.52. The first-order valence-electron chi connectivity index (χ1n) is 6.10. The monoisotopic (exact) mass is 277 g/mol. The van der Waals surface area contributed by atoms with E-state index in [0.29, 0.717) is 6.42 Å². The Morgan fingerprint density at radius 2 is 1.84 bits per heavy atom. The van der Waals surface area contributed by atoms with Crippen LogP contribution in [-0.4, -0.2) is 30.8 Å². The van der Waals surface area contributed by atoms with E-state index in [2.05, 4.69) is 5.32 Å². The maximum atomic E-state index is 12.5. The van der Waals surface area contributed by atoms with Crippen LogP contribution in [0.3, 0.4) is 0 Å². The predicted octanol–water partition coefficient (Wildman–Crippen LogP) is 2.44. The molecular formula is C13H21F2NO3. The van der Waals surface area contributed by atoms with Crippen LogP contribution in [0, 0.1) is 0 Å². The number of halogens is 2. The Balaban J connectivity index is 5.22. The predicted molar refractivity (Wildman–Crippen MR) is 67.8 cm³/mol. The van der Waals surface area contributed by atoms with Crippen molar-refractivity contribution >= 4 is 11.8 Å². The average molecular weight is 277 g/mol. The van der Waals surface area contributed by atoms with Gasteiger partial charge in [0.15, 0.2) is 0 Å². The Hall–Kier alpha value is -1.46. The number of ether oxygens (including phenoxy) is 1. The molecule has 0 aromatic carbocycles. The molecule has 0 spiro atoms. The SMILES string of the molecule is CCCC(C)(C)OC(=O)/C(C(=O)C(F)F)=C(/C)NC. The van der Waals surface area contributed by atoms with Crippen LogP contribution in [0.4, 0.5) is 8.78 Å². The highest BCUT2D eigenvalue weighted by atomic mass is 19.3. The van der Waals surface area contributed by atoms with Gasteiger partial charge in [0.05, 0.1) is 0 Å². The van der Waals surface area contributed by atoms with Gasteiger partial charge in [-0.1, -0.05) is 13.3 Å². The van der Waals surface area contributed by atoms with Crippen LogP contribution in [0.25, 0.3) is 0 Å². The van der Waals surface area contributed by atoms with Crippen LogP contribution in [0.5, 0.6) is 0 Å². The molecule has 19 heavy (non-hydrogen) atoms. The van der Waals surface area contributed by atoms with E-state index in [1.807, 2.05) is 6.92 Å². The molecular weight excluding hydrogens is 256 g/mol. The lowest BCUT2D eigenvalue weighted by atomic mass is 10.0. The Morgan fingerprint density at radius 3 is 2.21 bits per heavy atom. The Kier molecular flexibility index (Phi) is 6.65. The number of carbonyl (C=O) groups excluding carboxylic acids is 2. The quantitative estimate of drug-likeness (QED) is 0.336. The topological polar surface area (TPSA) is 55.4 Å². The van der Waals surface area contributed by atoms with Crippen molar-refractivity contribution in [3.8, 4) is 0 Å². The second-order valence-electron chi connectivity index (χ2n) is 4.81. The Bertz CT molecular complexity index is 376. The second kappa shape index (κ2) is 7.21. The summed E-state index contributed by atoms with van der Waals surface area (Å²) in [4.78, 5) is 23.3. The highest BCUT2D eigenvalue weighted by Gasteiger charge is 2.32. The van der Waals surface area contributed by atoms with E-state index >= 15 is 0 Å². The lowest BCUT2D eigenvalue weighted by Gasteiger charge is -2.25. The second-order valence-corrected chi connectivity index (χ2v) is 4.81. The third-order valence-corrected chi connectivity index (χ3v) is 2.62. The van der Waals surface area contributed by atoms with E-state index in [0.717, 1.165) is 6.42 Å². The lowest BCUT2D eigenvalue weighted by molar-refractivity contribution is -0.154. The largest absolute Gasteiger partial charge is 0.456 e. The van der Waals surface area contributed by atoms with Crippen molar-refractivity contribution in [2.24, 2.45) is 0 Å². The molecule has 0 aliphatic heterocycles. The molecule has 0 aliphatic rings. The van der Waals surface area contributed by atoms with Gasteiger partial charge >= 0.3 is 12.4 Å². The third kappa shape index (κ3) is 5.36. The van der Waals surface area contributed by atoms with Crippen molar-refractivity contribution in [1.29, 1.82) is 0 Å². The Labute approximate surface area is 112 Å². The van der Waals surface area contributed by atoms with Crippen molar-refractivity contribution in [3.63, 3.8) is 0 Å². The number of allylic oxidation sites excluding steroid dienone is 1. The zero-order valence-electron chi connectivity index (χ0n) is 12.0. The van der Waals surface area contributed by atoms with Gasteiger partial charge in [0, 0.05) is 12.7 Å². The molecule has 0 aromatic rings. The third-order valence-electron chi connectivity index (χ3n) is 2.62. The van der Waals surface area contributed by atoms with Gasteiger partial charge < -0.3 is 10.1 Å². The summed E-state index contributed by atoms with van der Waals surface area (Å²) in [6.45, 7) is 6.64. The van der Waals surface area contributed by atoms with Gasteiger partial charge in [-0.25, -0.2) is 13.6 Å². The molecule has 0 amide bonds. The van der Waals surface area contributed by atoms with E-state index in [4.69, 9.17) is 4.74 Å². The average Bonchev–Trinajstić information content (AvgIpc) is 2.27. The molecule has 110 valence electrons. The molecule has 0 atom stereocenters. The molecule has 1 N–H and O–H groups in total. The first kappa shape index (κ1) is 17.5. The summed E-state index contributed by atoms with van der Waals surface area (Å²) in [6.07, 6.45) is -1.89. The summed E-state index contributed by atoms with van der Waals surface area (Å²) in [7, 11) is 1.44. The highest BCUT2D eigenvalue weighted by Crippen LogP contribution is 2.20. The molecule has 0 unspecified atom stereocenters. The number of rotatable bonds is 7. The minimum absolute atomic E-state index is 0.0719. The minimum Gasteiger partial charge on any atom is -0.456 e. The summed E-state index contributed by atoms with van der Waals surface area (Å²) in [6, 6.07) is 0. The molecule has 0 bridgehead atoms. The van der Waals surface area contributed by atoms with Gasteiger partial charge in [-0.2, -0.15) is 0 Å². The fraction of sp³-hybridized carbons (Fsp3) is 0.692. The van der Waals surface area contributed by atoms with Gasteiger partial charge in [0.2, 0.25) is 5.78 Å². The fourth-order valence-corrected chi connectivity index (χ4v) is 1.63. The number of hydrogen-bond donors (Lipinski definition) is 1. The van der Waals surface area contributed by atoms with Crippen LogP contribution >= 0.6 is 0 Å². The highest BCUT2D eigenvalue weighted by molar-refractivity contribution is 6.19. The lowest BCUT2D eigenvalue weighted by Crippen LogP contribution is -2.33. The van der Waals surface area contributed by atoms with Gasteiger partial charge in [-0.3, -0.25) is 4.79 Å². The molecule has 0 rings (SSSR count). The summed E-state index contributed by atoms with van der Waals surface area (Å²) in [5.74, 6) is -2.54. The number of ketones is 1. The molecule has 0 aliphatic carbocycles. The zero-order chi connectivity index (χ0) is 15.2. The molecule has 0 fully saturated rings. The fourth-order valence-electron chi connectivity index (χ4n) is 1.63. The molecule has 0 saturated carbocycles. The van der Waals surface area contributed by atoms with Gasteiger partial charge in [0.25, 0.3) is 0 Å². The molecule has 4 nitrogen and oxygen atoms in total. The molecule has 0 aromatic heterocycles. The first-order valence-corrected chi connectivity index (χ1v) is 6.10. The molecule has 0 heterocycles. The molecule has 0 saturated heterocycles. The van der Waals surface area contributed by atoms with E-state index < -0.39 is 29.4 Å². The number of nitrogens with one attached hydrogen (secondary N) is 1. The summed E-state index contributed by atoms with van der Waals surface area (Å²) in [5.41, 5.74) is -1.35. The van der Waals surface area contributed by atoms with E-state index in [1.165, 1.54) is 14.0 Å². The number of alkyl halides is 2. The number of esters is 1. The normalized spacial score (nSPS) is 13.1. The van der Waals surface area contributed by atoms with Crippen LogP contribution in [0.15, 0.2) is 11.3 Å². The number of carbonyl (C=O) groups is 2. The van der Waals surface area contributed by atoms with Crippen LogP contribution in [0.2, 0.25) is 0 Å². The van der Waals surface area contributed by atoms with E-state index in [-0.39, 0.29) is 5.70 Å². The number of hydrogen-bond acceptors (Lipinski definition) is 4.